The number of amides is 3. The van der Waals surface area contributed by atoms with Crippen LogP contribution < -0.4 is 5.32 Å². The standard InChI is InChI=1S/C13H23N3O4/c1-5-9(10(17)18)8-14-12(20)16-7-6-15(4)11(19)13(16,2)3/h9H,5-8H2,1-4H3,(H,14,20)(H,17,18). The molecule has 0 saturated carbocycles. The predicted molar refractivity (Wildman–Crippen MR) is 73.2 cm³/mol. The van der Waals surface area contributed by atoms with Gasteiger partial charge in [-0.1, -0.05) is 6.92 Å². The van der Waals surface area contributed by atoms with Gasteiger partial charge in [0.2, 0.25) is 5.91 Å². The molecule has 114 valence electrons. The summed E-state index contributed by atoms with van der Waals surface area (Å²) < 4.78 is 0. The molecule has 0 spiro atoms. The van der Waals surface area contributed by atoms with Crippen LogP contribution in [-0.4, -0.2) is 65.0 Å². The summed E-state index contributed by atoms with van der Waals surface area (Å²) in [5.41, 5.74) is -0.915. The molecule has 2 N–H and O–H groups in total. The van der Waals surface area contributed by atoms with E-state index in [0.29, 0.717) is 19.5 Å². The Morgan fingerprint density at radius 2 is 2.00 bits per heavy atom. The maximum absolute atomic E-state index is 12.2. The number of hydrogen-bond acceptors (Lipinski definition) is 3. The highest BCUT2D eigenvalue weighted by atomic mass is 16.4. The summed E-state index contributed by atoms with van der Waals surface area (Å²) in [7, 11) is 1.71. The number of rotatable bonds is 4. The highest BCUT2D eigenvalue weighted by Gasteiger charge is 2.43. The topological polar surface area (TPSA) is 90.0 Å². The molecule has 1 aliphatic heterocycles. The first-order valence-corrected chi connectivity index (χ1v) is 6.75. The summed E-state index contributed by atoms with van der Waals surface area (Å²) in [4.78, 5) is 38.2. The van der Waals surface area contributed by atoms with Crippen LogP contribution in [0, 0.1) is 5.92 Å². The Bertz CT molecular complexity index is 408. The monoisotopic (exact) mass is 285 g/mol. The number of carboxylic acids is 1. The largest absolute Gasteiger partial charge is 0.481 e. The molecule has 0 bridgehead atoms. The van der Waals surface area contributed by atoms with Gasteiger partial charge in [-0.05, 0) is 20.3 Å². The first kappa shape index (κ1) is 16.3. The second-order valence-corrected chi connectivity index (χ2v) is 5.57. The number of piperazine rings is 1. The van der Waals surface area contributed by atoms with Gasteiger partial charge in [0.25, 0.3) is 0 Å². The Kier molecular flexibility index (Phi) is 4.97. The van der Waals surface area contributed by atoms with E-state index in [0.717, 1.165) is 0 Å². The van der Waals surface area contributed by atoms with Crippen molar-refractivity contribution in [3.63, 3.8) is 0 Å². The molecule has 0 aromatic heterocycles. The zero-order valence-electron chi connectivity index (χ0n) is 12.5. The number of nitrogens with one attached hydrogen (secondary N) is 1. The van der Waals surface area contributed by atoms with Gasteiger partial charge in [0, 0.05) is 26.7 Å². The normalized spacial score (nSPS) is 19.7. The number of carboxylic acid groups (broad SMARTS) is 1. The lowest BCUT2D eigenvalue weighted by Gasteiger charge is -2.44. The van der Waals surface area contributed by atoms with Crippen molar-refractivity contribution in [2.45, 2.75) is 32.7 Å². The average Bonchev–Trinajstić information content (AvgIpc) is 2.36. The van der Waals surface area contributed by atoms with Crippen molar-refractivity contribution >= 4 is 17.9 Å². The third-order valence-electron chi connectivity index (χ3n) is 3.79. The van der Waals surface area contributed by atoms with Crippen LogP contribution >= 0.6 is 0 Å². The fourth-order valence-electron chi connectivity index (χ4n) is 2.28. The van der Waals surface area contributed by atoms with Gasteiger partial charge in [0.1, 0.15) is 5.54 Å². The Balaban J connectivity index is 2.68. The smallest absolute Gasteiger partial charge is 0.318 e. The predicted octanol–water partition coefficient (Wildman–Crippen LogP) is 0.359. The molecule has 0 aromatic rings. The van der Waals surface area contributed by atoms with Gasteiger partial charge in [0.15, 0.2) is 0 Å². The quantitative estimate of drug-likeness (QED) is 0.780. The summed E-state index contributed by atoms with van der Waals surface area (Å²) in [6.45, 7) is 6.13. The van der Waals surface area contributed by atoms with E-state index in [1.165, 1.54) is 4.90 Å². The van der Waals surface area contributed by atoms with E-state index < -0.39 is 23.5 Å². The van der Waals surface area contributed by atoms with Gasteiger partial charge in [-0.2, -0.15) is 0 Å². The van der Waals surface area contributed by atoms with Gasteiger partial charge >= 0.3 is 12.0 Å². The number of carbonyl (C=O) groups excluding carboxylic acids is 2. The second kappa shape index (κ2) is 6.11. The molecule has 1 saturated heterocycles. The Morgan fingerprint density at radius 3 is 2.50 bits per heavy atom. The molecule has 1 unspecified atom stereocenters. The van der Waals surface area contributed by atoms with Gasteiger partial charge < -0.3 is 20.2 Å². The van der Waals surface area contributed by atoms with E-state index in [9.17, 15) is 14.4 Å². The average molecular weight is 285 g/mol. The minimum absolute atomic E-state index is 0.0707. The van der Waals surface area contributed by atoms with E-state index in [1.54, 1.807) is 32.7 Å². The van der Waals surface area contributed by atoms with E-state index in [1.807, 2.05) is 0 Å². The SMILES string of the molecule is CCC(CNC(=O)N1CCN(C)C(=O)C1(C)C)C(=O)O. The molecule has 1 fully saturated rings. The second-order valence-electron chi connectivity index (χ2n) is 5.57. The number of nitrogens with zero attached hydrogens (tertiary/aromatic N) is 2. The van der Waals surface area contributed by atoms with Crippen LogP contribution in [0.1, 0.15) is 27.2 Å². The zero-order valence-corrected chi connectivity index (χ0v) is 12.5. The summed E-state index contributed by atoms with van der Waals surface area (Å²) in [5.74, 6) is -1.66. The van der Waals surface area contributed by atoms with E-state index in [2.05, 4.69) is 5.32 Å². The van der Waals surface area contributed by atoms with E-state index in [4.69, 9.17) is 5.11 Å². The van der Waals surface area contributed by atoms with Crippen molar-refractivity contribution in [3.8, 4) is 0 Å². The first-order chi connectivity index (χ1) is 9.21. The third kappa shape index (κ3) is 3.20. The molecule has 7 heteroatoms. The molecule has 1 aliphatic rings. The van der Waals surface area contributed by atoms with Crippen LogP contribution in [0.3, 0.4) is 0 Å². The fourth-order valence-corrected chi connectivity index (χ4v) is 2.28. The first-order valence-electron chi connectivity index (χ1n) is 6.75. The van der Waals surface area contributed by atoms with Gasteiger partial charge in [0.05, 0.1) is 5.92 Å². The molecule has 1 atom stereocenters. The Hall–Kier alpha value is -1.79. The van der Waals surface area contributed by atoms with E-state index in [-0.39, 0.29) is 12.5 Å². The number of carbonyl (C=O) groups is 3. The molecular formula is C13H23N3O4. The lowest BCUT2D eigenvalue weighted by Crippen LogP contribution is -2.65. The van der Waals surface area contributed by atoms with Crippen molar-refractivity contribution < 1.29 is 19.5 Å². The summed E-state index contributed by atoms with van der Waals surface area (Å²) >= 11 is 0. The van der Waals surface area contributed by atoms with Crippen LogP contribution in [-0.2, 0) is 9.59 Å². The maximum Gasteiger partial charge on any atom is 0.318 e. The molecule has 3 amide bonds. The van der Waals surface area contributed by atoms with Gasteiger partial charge in [-0.25, -0.2) is 4.79 Å². The number of hydrogen-bond donors (Lipinski definition) is 2. The number of urea groups is 1. The molecule has 0 aromatic carbocycles. The lowest BCUT2D eigenvalue weighted by molar-refractivity contribution is -0.144. The van der Waals surface area contributed by atoms with Crippen LogP contribution in [0.25, 0.3) is 0 Å². The number of likely N-dealkylation sites (N-methyl/N-ethyl adjacent to an activating group) is 1. The van der Waals surface area contributed by atoms with Crippen LogP contribution in [0.15, 0.2) is 0 Å². The van der Waals surface area contributed by atoms with Crippen LogP contribution in [0.2, 0.25) is 0 Å². The maximum atomic E-state index is 12.2. The van der Waals surface area contributed by atoms with Crippen molar-refractivity contribution in [1.29, 1.82) is 0 Å². The van der Waals surface area contributed by atoms with E-state index >= 15 is 0 Å². The van der Waals surface area contributed by atoms with Gasteiger partial charge in [-0.15, -0.1) is 0 Å². The zero-order chi connectivity index (χ0) is 15.5. The molecular weight excluding hydrogens is 262 g/mol. The van der Waals surface area contributed by atoms with Crippen LogP contribution in [0.4, 0.5) is 4.79 Å². The van der Waals surface area contributed by atoms with Gasteiger partial charge in [-0.3, -0.25) is 9.59 Å². The molecule has 0 radical (unpaired) electrons. The Labute approximate surface area is 118 Å². The highest BCUT2D eigenvalue weighted by molar-refractivity contribution is 5.91. The molecule has 1 heterocycles. The molecule has 0 aliphatic carbocycles. The summed E-state index contributed by atoms with van der Waals surface area (Å²) in [6.07, 6.45) is 0.445. The third-order valence-corrected chi connectivity index (χ3v) is 3.79. The van der Waals surface area contributed by atoms with Crippen molar-refractivity contribution in [3.05, 3.63) is 0 Å². The minimum Gasteiger partial charge on any atom is -0.481 e. The summed E-state index contributed by atoms with van der Waals surface area (Å²) in [5, 5.41) is 11.6. The van der Waals surface area contributed by atoms with Crippen molar-refractivity contribution in [1.82, 2.24) is 15.1 Å². The van der Waals surface area contributed by atoms with Crippen LogP contribution in [0.5, 0.6) is 0 Å². The molecule has 1 rings (SSSR count). The highest BCUT2D eigenvalue weighted by Crippen LogP contribution is 2.21. The van der Waals surface area contributed by atoms with Crippen molar-refractivity contribution in [2.75, 3.05) is 26.7 Å². The minimum atomic E-state index is -0.929. The molecule has 20 heavy (non-hydrogen) atoms. The molecule has 7 nitrogen and oxygen atoms in total. The number of aliphatic carboxylic acids is 1. The van der Waals surface area contributed by atoms with Crippen molar-refractivity contribution in [2.24, 2.45) is 5.92 Å². The summed E-state index contributed by atoms with van der Waals surface area (Å²) in [6, 6.07) is -0.392. The fraction of sp³-hybridized carbons (Fsp3) is 0.769. The lowest BCUT2D eigenvalue weighted by atomic mass is 9.98. The Morgan fingerprint density at radius 1 is 1.40 bits per heavy atom.